The molecule has 0 amide bonds. The number of piperidine rings is 1. The second kappa shape index (κ2) is 6.62. The van der Waals surface area contributed by atoms with Crippen LogP contribution in [-0.4, -0.2) is 41.7 Å². The molecule has 2 N–H and O–H groups in total. The van der Waals surface area contributed by atoms with E-state index in [0.717, 1.165) is 30.8 Å². The first-order chi connectivity index (χ1) is 14.0. The number of benzene rings is 2. The Labute approximate surface area is 167 Å². The standard InChI is InChI=1S/C22H21N3O4/c1-12-5-4-8-25(11-12)16-9-15(23-10-17(26)27)18-19-20(16)24-29-22(19)14-7-3-2-6-13(14)21(18)28/h2-3,6-7,9,12,23H,4-5,8,10-11H2,1H3,(H,26,27)/t12-/m1/s1. The molecule has 1 fully saturated rings. The summed E-state index contributed by atoms with van der Waals surface area (Å²) in [7, 11) is 0. The average Bonchev–Trinajstić information content (AvgIpc) is 3.15. The topological polar surface area (TPSA) is 95.7 Å². The number of aliphatic carboxylic acids is 1. The summed E-state index contributed by atoms with van der Waals surface area (Å²) in [6.45, 7) is 3.73. The van der Waals surface area contributed by atoms with E-state index in [2.05, 4.69) is 22.3 Å². The number of hydrogen-bond acceptors (Lipinski definition) is 6. The van der Waals surface area contributed by atoms with Crippen LogP contribution in [0.5, 0.6) is 0 Å². The molecule has 2 heterocycles. The highest BCUT2D eigenvalue weighted by Crippen LogP contribution is 2.46. The molecule has 0 bridgehead atoms. The highest BCUT2D eigenvalue weighted by Gasteiger charge is 2.34. The van der Waals surface area contributed by atoms with Crippen LogP contribution in [0.25, 0.3) is 22.2 Å². The Morgan fingerprint density at radius 2 is 2.14 bits per heavy atom. The molecule has 29 heavy (non-hydrogen) atoms. The molecule has 0 unspecified atom stereocenters. The van der Waals surface area contributed by atoms with E-state index in [4.69, 9.17) is 9.63 Å². The fourth-order valence-corrected chi connectivity index (χ4v) is 4.50. The van der Waals surface area contributed by atoms with Gasteiger partial charge in [-0.1, -0.05) is 36.3 Å². The second-order valence-corrected chi connectivity index (χ2v) is 7.87. The molecule has 1 aliphatic carbocycles. The largest absolute Gasteiger partial charge is 0.480 e. The van der Waals surface area contributed by atoms with Crippen molar-refractivity contribution >= 4 is 34.0 Å². The number of anilines is 2. The van der Waals surface area contributed by atoms with Gasteiger partial charge in [0.25, 0.3) is 0 Å². The van der Waals surface area contributed by atoms with E-state index in [1.807, 2.05) is 24.3 Å². The molecule has 3 aromatic rings. The summed E-state index contributed by atoms with van der Waals surface area (Å²) in [5.74, 6) is -0.0154. The van der Waals surface area contributed by atoms with Crippen molar-refractivity contribution in [2.24, 2.45) is 5.92 Å². The molecule has 0 saturated carbocycles. The van der Waals surface area contributed by atoms with E-state index in [0.29, 0.717) is 39.4 Å². The molecule has 1 aliphatic heterocycles. The lowest BCUT2D eigenvalue weighted by Crippen LogP contribution is -2.34. The molecular weight excluding hydrogens is 370 g/mol. The van der Waals surface area contributed by atoms with Crippen molar-refractivity contribution in [3.63, 3.8) is 0 Å². The lowest BCUT2D eigenvalue weighted by Gasteiger charge is -2.33. The van der Waals surface area contributed by atoms with E-state index in [-0.39, 0.29) is 12.3 Å². The van der Waals surface area contributed by atoms with Crippen LogP contribution in [0.3, 0.4) is 0 Å². The van der Waals surface area contributed by atoms with Gasteiger partial charge in [-0.3, -0.25) is 9.59 Å². The van der Waals surface area contributed by atoms with Crippen LogP contribution in [0, 0.1) is 5.92 Å². The summed E-state index contributed by atoms with van der Waals surface area (Å²) in [5, 5.41) is 17.1. The maximum Gasteiger partial charge on any atom is 0.322 e. The second-order valence-electron chi connectivity index (χ2n) is 7.87. The zero-order valence-electron chi connectivity index (χ0n) is 16.1. The molecule has 7 heteroatoms. The van der Waals surface area contributed by atoms with Crippen molar-refractivity contribution in [1.82, 2.24) is 5.16 Å². The number of hydrogen-bond donors (Lipinski definition) is 2. The number of rotatable bonds is 4. The first-order valence-corrected chi connectivity index (χ1v) is 9.85. The fourth-order valence-electron chi connectivity index (χ4n) is 4.50. The summed E-state index contributed by atoms with van der Waals surface area (Å²) in [5.41, 5.74) is 3.75. The van der Waals surface area contributed by atoms with Gasteiger partial charge in [0, 0.05) is 29.9 Å². The predicted molar refractivity (Wildman–Crippen MR) is 110 cm³/mol. The minimum absolute atomic E-state index is 0.146. The van der Waals surface area contributed by atoms with Gasteiger partial charge in [0.1, 0.15) is 12.1 Å². The Bertz CT molecular complexity index is 1150. The van der Waals surface area contributed by atoms with Crippen molar-refractivity contribution in [3.05, 3.63) is 41.5 Å². The lowest BCUT2D eigenvalue weighted by molar-refractivity contribution is -0.134. The van der Waals surface area contributed by atoms with Gasteiger partial charge in [-0.05, 0) is 24.8 Å². The van der Waals surface area contributed by atoms with E-state index in [1.165, 1.54) is 6.42 Å². The molecule has 1 saturated heterocycles. The number of fused-ring (bicyclic) bond motifs is 2. The normalized spacial score (nSPS) is 18.0. The van der Waals surface area contributed by atoms with Gasteiger partial charge < -0.3 is 19.8 Å². The van der Waals surface area contributed by atoms with Gasteiger partial charge >= 0.3 is 5.97 Å². The quantitative estimate of drug-likeness (QED) is 0.547. The summed E-state index contributed by atoms with van der Waals surface area (Å²) in [6, 6.07) is 9.15. The average molecular weight is 391 g/mol. The first-order valence-electron chi connectivity index (χ1n) is 9.85. The third kappa shape index (κ3) is 2.76. The third-order valence-electron chi connectivity index (χ3n) is 5.81. The molecular formula is C22H21N3O4. The van der Waals surface area contributed by atoms with Crippen molar-refractivity contribution in [2.75, 3.05) is 29.9 Å². The van der Waals surface area contributed by atoms with Crippen LogP contribution in [0.1, 0.15) is 35.7 Å². The summed E-state index contributed by atoms with van der Waals surface area (Å²) >= 11 is 0. The highest BCUT2D eigenvalue weighted by atomic mass is 16.5. The fraction of sp³-hybridized carbons (Fsp3) is 0.318. The van der Waals surface area contributed by atoms with Gasteiger partial charge in [-0.15, -0.1) is 0 Å². The number of carbonyl (C=O) groups is 2. The zero-order valence-corrected chi connectivity index (χ0v) is 16.1. The molecule has 1 aromatic heterocycles. The Balaban J connectivity index is 1.76. The van der Waals surface area contributed by atoms with Gasteiger partial charge in [0.05, 0.1) is 16.6 Å². The van der Waals surface area contributed by atoms with Gasteiger partial charge in [-0.2, -0.15) is 0 Å². The van der Waals surface area contributed by atoms with E-state index in [1.54, 1.807) is 6.07 Å². The zero-order chi connectivity index (χ0) is 20.1. The molecule has 5 rings (SSSR count). The SMILES string of the molecule is C[C@@H]1CCCN(c2cc(NCC(=O)O)c3c4c(onc24)-c2ccccc2C3=O)C1. The number of nitrogens with one attached hydrogen (secondary N) is 1. The Morgan fingerprint density at radius 3 is 2.90 bits per heavy atom. The molecule has 0 radical (unpaired) electrons. The van der Waals surface area contributed by atoms with Crippen molar-refractivity contribution < 1.29 is 19.2 Å². The number of carboxylic acid groups (broad SMARTS) is 1. The maximum atomic E-state index is 13.3. The monoisotopic (exact) mass is 391 g/mol. The Hall–Kier alpha value is -3.35. The summed E-state index contributed by atoms with van der Waals surface area (Å²) in [4.78, 5) is 26.8. The molecule has 2 aromatic carbocycles. The van der Waals surface area contributed by atoms with Crippen LogP contribution in [-0.2, 0) is 4.79 Å². The van der Waals surface area contributed by atoms with E-state index < -0.39 is 5.97 Å². The first kappa shape index (κ1) is 17.7. The molecule has 148 valence electrons. The third-order valence-corrected chi connectivity index (χ3v) is 5.81. The molecule has 0 spiro atoms. The summed E-state index contributed by atoms with van der Waals surface area (Å²) < 4.78 is 5.74. The predicted octanol–water partition coefficient (Wildman–Crippen LogP) is 3.77. The van der Waals surface area contributed by atoms with E-state index in [9.17, 15) is 9.59 Å². The van der Waals surface area contributed by atoms with Crippen LogP contribution >= 0.6 is 0 Å². The smallest absolute Gasteiger partial charge is 0.322 e. The highest BCUT2D eigenvalue weighted by molar-refractivity contribution is 6.28. The Morgan fingerprint density at radius 1 is 1.34 bits per heavy atom. The summed E-state index contributed by atoms with van der Waals surface area (Å²) in [6.07, 6.45) is 2.26. The van der Waals surface area contributed by atoms with Gasteiger partial charge in [0.2, 0.25) is 0 Å². The lowest BCUT2D eigenvalue weighted by atomic mass is 9.86. The van der Waals surface area contributed by atoms with E-state index >= 15 is 0 Å². The van der Waals surface area contributed by atoms with Crippen molar-refractivity contribution in [3.8, 4) is 11.3 Å². The number of nitrogens with zero attached hydrogens (tertiary/aromatic N) is 2. The van der Waals surface area contributed by atoms with Crippen molar-refractivity contribution in [2.45, 2.75) is 19.8 Å². The minimum Gasteiger partial charge on any atom is -0.480 e. The number of carbonyl (C=O) groups excluding carboxylic acids is 1. The van der Waals surface area contributed by atoms with Crippen LogP contribution in [0.4, 0.5) is 11.4 Å². The van der Waals surface area contributed by atoms with Crippen LogP contribution in [0.2, 0.25) is 0 Å². The minimum atomic E-state index is -0.986. The number of ketones is 1. The van der Waals surface area contributed by atoms with Gasteiger partial charge in [-0.25, -0.2) is 0 Å². The number of aromatic nitrogens is 1. The maximum absolute atomic E-state index is 13.3. The molecule has 1 atom stereocenters. The Kier molecular flexibility index (Phi) is 4.04. The molecule has 2 aliphatic rings. The van der Waals surface area contributed by atoms with Crippen LogP contribution in [0.15, 0.2) is 34.9 Å². The van der Waals surface area contributed by atoms with Crippen molar-refractivity contribution in [1.29, 1.82) is 0 Å². The van der Waals surface area contributed by atoms with Gasteiger partial charge in [0.15, 0.2) is 11.5 Å². The van der Waals surface area contributed by atoms with Crippen LogP contribution < -0.4 is 10.2 Å². The molecule has 7 nitrogen and oxygen atoms in total. The number of carboxylic acids is 1.